The van der Waals surface area contributed by atoms with Crippen LogP contribution in [0.3, 0.4) is 0 Å². The van der Waals surface area contributed by atoms with Gasteiger partial charge in [0.2, 0.25) is 0 Å². The average Bonchev–Trinajstić information content (AvgIpc) is 2.73. The molecule has 0 radical (unpaired) electrons. The first-order chi connectivity index (χ1) is 9.58. The third kappa shape index (κ3) is 2.78. The van der Waals surface area contributed by atoms with Crippen LogP contribution in [0.25, 0.3) is 10.9 Å². The summed E-state index contributed by atoms with van der Waals surface area (Å²) < 4.78 is 1.97. The maximum Gasteiger partial charge on any atom is 0.323 e. The summed E-state index contributed by atoms with van der Waals surface area (Å²) in [6.07, 6.45) is 0.897. The highest BCUT2D eigenvalue weighted by molar-refractivity contribution is 5.88. The lowest BCUT2D eigenvalue weighted by molar-refractivity contribution is -0.137. The van der Waals surface area contributed by atoms with Gasteiger partial charge in [0, 0.05) is 36.1 Å². The quantitative estimate of drug-likeness (QED) is 0.916. The molecule has 1 aromatic heterocycles. The van der Waals surface area contributed by atoms with Crippen LogP contribution >= 0.6 is 12.4 Å². The summed E-state index contributed by atoms with van der Waals surface area (Å²) in [5.41, 5.74) is 4.81. The summed E-state index contributed by atoms with van der Waals surface area (Å²) in [6, 6.07) is 6.42. The third-order valence-corrected chi connectivity index (χ3v) is 4.11. The lowest BCUT2D eigenvalue weighted by Crippen LogP contribution is -2.25. The van der Waals surface area contributed by atoms with Crippen LogP contribution in [0, 0.1) is 0 Å². The van der Waals surface area contributed by atoms with Crippen LogP contribution in [-0.4, -0.2) is 22.2 Å². The minimum Gasteiger partial charge on any atom is -0.480 e. The Morgan fingerprint density at radius 3 is 2.86 bits per heavy atom. The number of aromatic nitrogens is 1. The number of hydrogen-bond acceptors (Lipinski definition) is 2. The molecule has 3 rings (SSSR count). The van der Waals surface area contributed by atoms with Gasteiger partial charge in [-0.15, -0.1) is 12.4 Å². The molecule has 21 heavy (non-hydrogen) atoms. The van der Waals surface area contributed by atoms with E-state index in [1.807, 2.05) is 4.57 Å². The van der Waals surface area contributed by atoms with Gasteiger partial charge < -0.3 is 15.0 Å². The van der Waals surface area contributed by atoms with Crippen molar-refractivity contribution < 1.29 is 9.90 Å². The molecule has 0 fully saturated rings. The molecule has 114 valence electrons. The van der Waals surface area contributed by atoms with Crippen LogP contribution < -0.4 is 5.32 Å². The van der Waals surface area contributed by atoms with E-state index in [0.29, 0.717) is 5.92 Å². The number of nitrogens with zero attached hydrogens (tertiary/aromatic N) is 1. The fraction of sp³-hybridized carbons (Fsp3) is 0.438. The van der Waals surface area contributed by atoms with Crippen molar-refractivity contribution in [2.24, 2.45) is 0 Å². The predicted octanol–water partition coefficient (Wildman–Crippen LogP) is 2.92. The SMILES string of the molecule is CC(C)c1ccc2c(c1)c1c(n2CC(=O)O)CCNC1.Cl. The Labute approximate surface area is 130 Å². The highest BCUT2D eigenvalue weighted by Crippen LogP contribution is 2.31. The Hall–Kier alpha value is -1.52. The number of rotatable bonds is 3. The van der Waals surface area contributed by atoms with Gasteiger partial charge in [0.15, 0.2) is 0 Å². The number of carboxylic acids is 1. The lowest BCUT2D eigenvalue weighted by Gasteiger charge is -2.16. The van der Waals surface area contributed by atoms with E-state index in [-0.39, 0.29) is 19.0 Å². The van der Waals surface area contributed by atoms with E-state index in [2.05, 4.69) is 37.4 Å². The van der Waals surface area contributed by atoms with E-state index >= 15 is 0 Å². The van der Waals surface area contributed by atoms with E-state index in [1.165, 1.54) is 22.2 Å². The lowest BCUT2D eigenvalue weighted by atomic mass is 9.99. The van der Waals surface area contributed by atoms with Crippen molar-refractivity contribution in [3.63, 3.8) is 0 Å². The minimum atomic E-state index is -0.781. The van der Waals surface area contributed by atoms with Crippen molar-refractivity contribution in [2.75, 3.05) is 6.54 Å². The summed E-state index contributed by atoms with van der Waals surface area (Å²) in [4.78, 5) is 11.1. The monoisotopic (exact) mass is 308 g/mol. The maximum absolute atomic E-state index is 11.1. The van der Waals surface area contributed by atoms with Gasteiger partial charge in [0.1, 0.15) is 6.54 Å². The van der Waals surface area contributed by atoms with Crippen molar-refractivity contribution in [3.05, 3.63) is 35.0 Å². The summed E-state index contributed by atoms with van der Waals surface area (Å²) in [7, 11) is 0. The third-order valence-electron chi connectivity index (χ3n) is 4.11. The molecule has 0 unspecified atom stereocenters. The molecule has 0 saturated carbocycles. The Kier molecular flexibility index (Phi) is 4.59. The topological polar surface area (TPSA) is 54.3 Å². The summed E-state index contributed by atoms with van der Waals surface area (Å²) in [6.45, 7) is 6.16. The molecule has 0 bridgehead atoms. The molecular weight excluding hydrogens is 288 g/mol. The molecule has 1 aromatic carbocycles. The van der Waals surface area contributed by atoms with Crippen LogP contribution in [0.2, 0.25) is 0 Å². The van der Waals surface area contributed by atoms with Gasteiger partial charge in [-0.25, -0.2) is 0 Å². The number of aliphatic carboxylic acids is 1. The van der Waals surface area contributed by atoms with E-state index < -0.39 is 5.97 Å². The molecule has 5 heteroatoms. The van der Waals surface area contributed by atoms with Crippen molar-refractivity contribution in [3.8, 4) is 0 Å². The molecule has 0 atom stereocenters. The van der Waals surface area contributed by atoms with Crippen LogP contribution in [0.1, 0.15) is 36.6 Å². The minimum absolute atomic E-state index is 0. The zero-order valence-electron chi connectivity index (χ0n) is 12.3. The largest absolute Gasteiger partial charge is 0.480 e. The maximum atomic E-state index is 11.1. The predicted molar refractivity (Wildman–Crippen MR) is 86.3 cm³/mol. The zero-order chi connectivity index (χ0) is 14.3. The van der Waals surface area contributed by atoms with Crippen LogP contribution in [0.15, 0.2) is 18.2 Å². The molecular formula is C16H21ClN2O2. The first-order valence-electron chi connectivity index (χ1n) is 7.14. The molecule has 0 aliphatic carbocycles. The number of hydrogen-bond donors (Lipinski definition) is 2. The van der Waals surface area contributed by atoms with Gasteiger partial charge in [-0.3, -0.25) is 4.79 Å². The summed E-state index contributed by atoms with van der Waals surface area (Å²) in [5.74, 6) is -0.300. The van der Waals surface area contributed by atoms with E-state index in [4.69, 9.17) is 5.11 Å². The fourth-order valence-corrected chi connectivity index (χ4v) is 3.07. The number of halogens is 1. The zero-order valence-corrected chi connectivity index (χ0v) is 13.2. The molecule has 0 amide bonds. The second kappa shape index (κ2) is 6.08. The van der Waals surface area contributed by atoms with Gasteiger partial charge in [-0.1, -0.05) is 19.9 Å². The second-order valence-electron chi connectivity index (χ2n) is 5.76. The van der Waals surface area contributed by atoms with E-state index in [1.54, 1.807) is 0 Å². The smallest absolute Gasteiger partial charge is 0.323 e. The first-order valence-corrected chi connectivity index (χ1v) is 7.14. The van der Waals surface area contributed by atoms with E-state index in [9.17, 15) is 4.79 Å². The van der Waals surface area contributed by atoms with Crippen molar-refractivity contribution in [1.82, 2.24) is 9.88 Å². The Morgan fingerprint density at radius 1 is 1.43 bits per heavy atom. The van der Waals surface area contributed by atoms with Crippen molar-refractivity contribution in [1.29, 1.82) is 0 Å². The highest BCUT2D eigenvalue weighted by Gasteiger charge is 2.21. The number of carboxylic acid groups (broad SMARTS) is 1. The van der Waals surface area contributed by atoms with Gasteiger partial charge in [0.05, 0.1) is 0 Å². The standard InChI is InChI=1S/C16H20N2O2.ClH/c1-10(2)11-3-4-14-12(7-11)13-8-17-6-5-15(13)18(14)9-16(19)20;/h3-4,7,10,17H,5-6,8-9H2,1-2H3,(H,19,20);1H. The molecule has 2 N–H and O–H groups in total. The van der Waals surface area contributed by atoms with Gasteiger partial charge in [0.25, 0.3) is 0 Å². The van der Waals surface area contributed by atoms with Crippen LogP contribution in [-0.2, 0) is 24.3 Å². The molecule has 2 aromatic rings. The second-order valence-corrected chi connectivity index (χ2v) is 5.76. The average molecular weight is 309 g/mol. The van der Waals surface area contributed by atoms with Crippen molar-refractivity contribution >= 4 is 29.3 Å². The molecule has 2 heterocycles. The van der Waals surface area contributed by atoms with Crippen LogP contribution in [0.5, 0.6) is 0 Å². The number of benzene rings is 1. The fourth-order valence-electron chi connectivity index (χ4n) is 3.07. The summed E-state index contributed by atoms with van der Waals surface area (Å²) >= 11 is 0. The number of carbonyl (C=O) groups is 1. The Morgan fingerprint density at radius 2 is 2.19 bits per heavy atom. The molecule has 1 aliphatic heterocycles. The molecule has 1 aliphatic rings. The van der Waals surface area contributed by atoms with Gasteiger partial charge in [-0.2, -0.15) is 0 Å². The Bertz CT molecular complexity index is 676. The number of fused-ring (bicyclic) bond motifs is 3. The molecule has 0 saturated heterocycles. The van der Waals surface area contributed by atoms with E-state index in [0.717, 1.165) is 25.0 Å². The first kappa shape index (κ1) is 15.9. The molecule has 4 nitrogen and oxygen atoms in total. The number of nitrogens with one attached hydrogen (secondary N) is 1. The normalized spacial score (nSPS) is 14.0. The molecule has 0 spiro atoms. The van der Waals surface area contributed by atoms with Gasteiger partial charge >= 0.3 is 5.97 Å². The van der Waals surface area contributed by atoms with Crippen molar-refractivity contribution in [2.45, 2.75) is 39.3 Å². The highest BCUT2D eigenvalue weighted by atomic mass is 35.5. The Balaban J connectivity index is 0.00000161. The summed E-state index contributed by atoms with van der Waals surface area (Å²) in [5, 5.41) is 13.7. The van der Waals surface area contributed by atoms with Gasteiger partial charge in [-0.05, 0) is 29.2 Å². The van der Waals surface area contributed by atoms with Crippen LogP contribution in [0.4, 0.5) is 0 Å².